The quantitative estimate of drug-likeness (QED) is 0.361. The summed E-state index contributed by atoms with van der Waals surface area (Å²) >= 11 is 0. The number of anilines is 1. The highest BCUT2D eigenvalue weighted by atomic mass is 19.1. The van der Waals surface area contributed by atoms with E-state index in [2.05, 4.69) is 32.4 Å². The number of nitrogens with zero attached hydrogens (tertiary/aromatic N) is 4. The van der Waals surface area contributed by atoms with Gasteiger partial charge in [0.25, 0.3) is 5.91 Å². The van der Waals surface area contributed by atoms with E-state index in [0.717, 1.165) is 49.1 Å². The van der Waals surface area contributed by atoms with Crippen LogP contribution in [-0.2, 0) is 0 Å². The van der Waals surface area contributed by atoms with Crippen molar-refractivity contribution in [2.24, 2.45) is 11.7 Å². The fourth-order valence-corrected chi connectivity index (χ4v) is 5.13. The summed E-state index contributed by atoms with van der Waals surface area (Å²) in [5, 5.41) is 10.1. The lowest BCUT2D eigenvalue weighted by Gasteiger charge is -2.32. The summed E-state index contributed by atoms with van der Waals surface area (Å²) in [5.74, 6) is -3.11. The summed E-state index contributed by atoms with van der Waals surface area (Å²) < 4.78 is 44.9. The first kappa shape index (κ1) is 25.5. The largest absolute Gasteiger partial charge is 0.328 e. The van der Waals surface area contributed by atoms with E-state index in [4.69, 9.17) is 5.73 Å². The summed E-state index contributed by atoms with van der Waals surface area (Å²) in [6, 6.07) is 7.69. The van der Waals surface area contributed by atoms with Gasteiger partial charge in [0, 0.05) is 17.8 Å². The summed E-state index contributed by atoms with van der Waals surface area (Å²) in [6.45, 7) is 2.15. The van der Waals surface area contributed by atoms with E-state index in [-0.39, 0.29) is 23.2 Å². The van der Waals surface area contributed by atoms with Gasteiger partial charge in [-0.05, 0) is 78.6 Å². The number of rotatable bonds is 5. The molecule has 10 heteroatoms. The Bertz CT molecular complexity index is 1450. The number of hydrogen-bond donors (Lipinski definition) is 2. The summed E-state index contributed by atoms with van der Waals surface area (Å²) in [5.41, 5.74) is 6.78. The van der Waals surface area contributed by atoms with Gasteiger partial charge in [-0.25, -0.2) is 18.2 Å². The zero-order chi connectivity index (χ0) is 26.8. The number of aromatic nitrogens is 4. The monoisotopic (exact) mass is 518 g/mol. The Balaban J connectivity index is 1.45. The molecule has 1 aliphatic rings. The van der Waals surface area contributed by atoms with Crippen LogP contribution in [0.5, 0.6) is 0 Å². The van der Waals surface area contributed by atoms with Crippen LogP contribution in [0.4, 0.5) is 18.9 Å². The lowest BCUT2D eigenvalue weighted by molar-refractivity contribution is 0.102. The number of hydrogen-bond acceptors (Lipinski definition) is 6. The molecule has 194 valence electrons. The van der Waals surface area contributed by atoms with Gasteiger partial charge < -0.3 is 11.1 Å². The molecule has 5 rings (SSSR count). The van der Waals surface area contributed by atoms with Crippen molar-refractivity contribution in [3.05, 3.63) is 89.9 Å². The minimum atomic E-state index is -1.03. The molecule has 1 amide bonds. The highest BCUT2D eigenvalue weighted by molar-refractivity contribution is 6.03. The van der Waals surface area contributed by atoms with Gasteiger partial charge >= 0.3 is 0 Å². The van der Waals surface area contributed by atoms with E-state index in [0.29, 0.717) is 17.2 Å². The molecular weight excluding hydrogens is 493 g/mol. The predicted molar refractivity (Wildman–Crippen MR) is 136 cm³/mol. The molecule has 1 saturated carbocycles. The molecule has 1 aromatic carbocycles. The van der Waals surface area contributed by atoms with Crippen LogP contribution in [0, 0.1) is 23.4 Å². The Morgan fingerprint density at radius 3 is 2.42 bits per heavy atom. The van der Waals surface area contributed by atoms with Crippen LogP contribution >= 0.6 is 0 Å². The van der Waals surface area contributed by atoms with Crippen LogP contribution in [0.1, 0.15) is 48.2 Å². The van der Waals surface area contributed by atoms with Crippen molar-refractivity contribution in [1.82, 2.24) is 20.2 Å². The second-order valence-corrected chi connectivity index (χ2v) is 9.66. The molecule has 7 nitrogen and oxygen atoms in total. The lowest BCUT2D eigenvalue weighted by atomic mass is 9.76. The van der Waals surface area contributed by atoms with E-state index < -0.39 is 34.6 Å². The molecule has 38 heavy (non-hydrogen) atoms. The van der Waals surface area contributed by atoms with Gasteiger partial charge in [-0.1, -0.05) is 6.92 Å². The SMILES string of the molecule is C[C@@H]1C[C@H](N)C[C@H](c2ccncc2NC(=O)c2ccc(F)c(-c3c(F)cc(-c4ccnnc4)cc3F)n2)C1. The third kappa shape index (κ3) is 5.26. The highest BCUT2D eigenvalue weighted by Gasteiger charge is 2.28. The molecule has 1 aliphatic carbocycles. The second kappa shape index (κ2) is 10.7. The number of carbonyl (C=O) groups is 1. The Labute approximate surface area is 217 Å². The third-order valence-corrected chi connectivity index (χ3v) is 6.80. The maximum Gasteiger partial charge on any atom is 0.274 e. The Morgan fingerprint density at radius 1 is 0.921 bits per heavy atom. The van der Waals surface area contributed by atoms with Gasteiger partial charge in [0.2, 0.25) is 0 Å². The molecule has 3 atom stereocenters. The van der Waals surface area contributed by atoms with E-state index in [9.17, 15) is 9.18 Å². The Kier molecular flexibility index (Phi) is 7.15. The summed E-state index contributed by atoms with van der Waals surface area (Å²) in [4.78, 5) is 21.3. The Morgan fingerprint density at radius 2 is 1.71 bits per heavy atom. The average molecular weight is 519 g/mol. The van der Waals surface area contributed by atoms with E-state index >= 15 is 8.78 Å². The van der Waals surface area contributed by atoms with E-state index in [1.54, 1.807) is 12.3 Å². The molecule has 0 radical (unpaired) electrons. The first-order chi connectivity index (χ1) is 18.3. The molecule has 0 aliphatic heterocycles. The lowest BCUT2D eigenvalue weighted by Crippen LogP contribution is -2.31. The predicted octanol–water partition coefficient (Wildman–Crippen LogP) is 5.50. The molecule has 3 N–H and O–H groups in total. The van der Waals surface area contributed by atoms with Crippen molar-refractivity contribution in [3.63, 3.8) is 0 Å². The zero-order valence-corrected chi connectivity index (χ0v) is 20.5. The molecule has 0 saturated heterocycles. The molecule has 3 heterocycles. The second-order valence-electron chi connectivity index (χ2n) is 9.66. The van der Waals surface area contributed by atoms with E-state index in [1.807, 2.05) is 6.07 Å². The highest BCUT2D eigenvalue weighted by Crippen LogP contribution is 2.38. The summed E-state index contributed by atoms with van der Waals surface area (Å²) in [7, 11) is 0. The Hall–Kier alpha value is -4.18. The maximum atomic E-state index is 15.1. The van der Waals surface area contributed by atoms with Crippen LogP contribution in [-0.4, -0.2) is 32.1 Å². The molecular formula is C28H25F3N6O. The number of nitrogens with two attached hydrogens (primary N) is 1. The first-order valence-corrected chi connectivity index (χ1v) is 12.2. The van der Waals surface area contributed by atoms with Crippen molar-refractivity contribution in [2.45, 2.75) is 38.1 Å². The third-order valence-electron chi connectivity index (χ3n) is 6.80. The van der Waals surface area contributed by atoms with Crippen LogP contribution in [0.2, 0.25) is 0 Å². The van der Waals surface area contributed by atoms with Crippen LogP contribution in [0.25, 0.3) is 22.4 Å². The molecule has 3 aromatic heterocycles. The average Bonchev–Trinajstić information content (AvgIpc) is 2.89. The van der Waals surface area contributed by atoms with E-state index in [1.165, 1.54) is 18.6 Å². The van der Waals surface area contributed by atoms with Gasteiger partial charge in [-0.2, -0.15) is 10.2 Å². The van der Waals surface area contributed by atoms with Crippen molar-refractivity contribution >= 4 is 11.6 Å². The fourth-order valence-electron chi connectivity index (χ4n) is 5.13. The standard InChI is InChI=1S/C28H25F3N6O/c1-15-8-18(10-19(32)9-15)20-5-6-33-14-25(20)37-28(38)24-3-2-21(29)27(36-24)26-22(30)11-17(12-23(26)31)16-4-7-34-35-13-16/h2-7,11-15,18-19H,8-10,32H2,1H3,(H,37,38)/t15-,18+,19-/m0/s1. The van der Waals surface area contributed by atoms with Gasteiger partial charge in [0.15, 0.2) is 0 Å². The van der Waals surface area contributed by atoms with Gasteiger partial charge in [-0.3, -0.25) is 9.78 Å². The van der Waals surface area contributed by atoms with Crippen molar-refractivity contribution < 1.29 is 18.0 Å². The molecule has 0 spiro atoms. The molecule has 0 bridgehead atoms. The molecule has 0 unspecified atom stereocenters. The van der Waals surface area contributed by atoms with Crippen LogP contribution in [0.15, 0.2) is 61.2 Å². The normalized spacial score (nSPS) is 19.2. The molecule has 1 fully saturated rings. The van der Waals surface area contributed by atoms with Gasteiger partial charge in [0.05, 0.1) is 29.8 Å². The fraction of sp³-hybridized carbons (Fsp3) is 0.250. The van der Waals surface area contributed by atoms with Crippen molar-refractivity contribution in [2.75, 3.05) is 5.32 Å². The van der Waals surface area contributed by atoms with Crippen molar-refractivity contribution in [3.8, 4) is 22.4 Å². The maximum absolute atomic E-state index is 15.1. The first-order valence-electron chi connectivity index (χ1n) is 12.2. The minimum Gasteiger partial charge on any atom is -0.328 e. The topological polar surface area (TPSA) is 107 Å². The van der Waals surface area contributed by atoms with Gasteiger partial charge in [-0.15, -0.1) is 0 Å². The van der Waals surface area contributed by atoms with Crippen LogP contribution in [0.3, 0.4) is 0 Å². The van der Waals surface area contributed by atoms with Gasteiger partial charge in [0.1, 0.15) is 28.8 Å². The number of halogens is 3. The number of nitrogens with one attached hydrogen (secondary N) is 1. The summed E-state index contributed by atoms with van der Waals surface area (Å²) in [6.07, 6.45) is 8.57. The van der Waals surface area contributed by atoms with Crippen molar-refractivity contribution in [1.29, 1.82) is 0 Å². The van der Waals surface area contributed by atoms with Crippen LogP contribution < -0.4 is 11.1 Å². The zero-order valence-electron chi connectivity index (χ0n) is 20.5. The number of benzene rings is 1. The molecule has 4 aromatic rings. The minimum absolute atomic E-state index is 0.0628. The number of amides is 1. The number of carbonyl (C=O) groups excluding carboxylic acids is 1. The smallest absolute Gasteiger partial charge is 0.274 e. The number of pyridine rings is 2.